The molecule has 9 heteroatoms. The zero-order chi connectivity index (χ0) is 15.0. The molecule has 0 saturated carbocycles. The highest BCUT2D eigenvalue weighted by Gasteiger charge is 2.31. The van der Waals surface area contributed by atoms with Gasteiger partial charge in [-0.05, 0) is 24.4 Å². The van der Waals surface area contributed by atoms with Crippen LogP contribution in [0.3, 0.4) is 0 Å². The molecule has 7 nitrogen and oxygen atoms in total. The van der Waals surface area contributed by atoms with Crippen LogP contribution in [0.5, 0.6) is 0 Å². The number of rotatable bonds is 5. The van der Waals surface area contributed by atoms with Crippen molar-refractivity contribution in [3.8, 4) is 0 Å². The summed E-state index contributed by atoms with van der Waals surface area (Å²) < 4.78 is 26.8. The second-order valence-electron chi connectivity index (χ2n) is 4.38. The van der Waals surface area contributed by atoms with E-state index in [4.69, 9.17) is 5.11 Å². The average Bonchev–Trinajstić information content (AvgIpc) is 2.83. The molecule has 0 aliphatic heterocycles. The predicted octanol–water partition coefficient (Wildman–Crippen LogP) is 0.410. The van der Waals surface area contributed by atoms with Gasteiger partial charge < -0.3 is 10.2 Å². The molecule has 0 aliphatic rings. The van der Waals surface area contributed by atoms with Crippen molar-refractivity contribution in [2.45, 2.75) is 17.4 Å². The fourth-order valence-electron chi connectivity index (χ4n) is 1.37. The van der Waals surface area contributed by atoms with E-state index in [1.165, 1.54) is 23.6 Å². The number of nitrogens with one attached hydrogen (secondary N) is 1. The van der Waals surface area contributed by atoms with Crippen molar-refractivity contribution in [3.05, 3.63) is 23.7 Å². The SMILES string of the molecule is CC(O)(CNS(=O)(=O)c1cnc2ccsc2c1)C(=O)O. The summed E-state index contributed by atoms with van der Waals surface area (Å²) in [5.74, 6) is -1.51. The van der Waals surface area contributed by atoms with Gasteiger partial charge in [0, 0.05) is 6.20 Å². The van der Waals surface area contributed by atoms with Gasteiger partial charge in [-0.2, -0.15) is 0 Å². The number of carboxylic acid groups (broad SMARTS) is 1. The molecule has 20 heavy (non-hydrogen) atoms. The molecule has 0 amide bonds. The first kappa shape index (κ1) is 14.9. The monoisotopic (exact) mass is 316 g/mol. The fourth-order valence-corrected chi connectivity index (χ4v) is 3.33. The molecule has 1 unspecified atom stereocenters. The van der Waals surface area contributed by atoms with Crippen molar-refractivity contribution in [1.29, 1.82) is 0 Å². The van der Waals surface area contributed by atoms with E-state index in [0.717, 1.165) is 6.92 Å². The second kappa shape index (κ2) is 5.09. The molecule has 0 bridgehead atoms. The van der Waals surface area contributed by atoms with E-state index in [1.54, 1.807) is 11.4 Å². The summed E-state index contributed by atoms with van der Waals surface area (Å²) in [5.41, 5.74) is -1.49. The average molecular weight is 316 g/mol. The maximum absolute atomic E-state index is 12.0. The minimum Gasteiger partial charge on any atom is -0.479 e. The van der Waals surface area contributed by atoms with Gasteiger partial charge in [0.25, 0.3) is 0 Å². The predicted molar refractivity (Wildman–Crippen MR) is 73.1 cm³/mol. The van der Waals surface area contributed by atoms with Gasteiger partial charge in [0.2, 0.25) is 10.0 Å². The van der Waals surface area contributed by atoms with E-state index in [0.29, 0.717) is 10.2 Å². The number of aliphatic hydroxyl groups is 1. The van der Waals surface area contributed by atoms with Gasteiger partial charge in [-0.15, -0.1) is 11.3 Å². The van der Waals surface area contributed by atoms with Crippen molar-refractivity contribution < 1.29 is 23.4 Å². The van der Waals surface area contributed by atoms with Gasteiger partial charge in [-0.3, -0.25) is 4.98 Å². The number of aromatic nitrogens is 1. The number of thiophene rings is 1. The molecule has 2 aromatic rings. The quantitative estimate of drug-likeness (QED) is 0.735. The molecule has 2 aromatic heterocycles. The number of nitrogens with zero attached hydrogens (tertiary/aromatic N) is 1. The number of hydrogen-bond donors (Lipinski definition) is 3. The normalized spacial score (nSPS) is 15.1. The third-order valence-electron chi connectivity index (χ3n) is 2.66. The summed E-state index contributed by atoms with van der Waals surface area (Å²) in [5, 5.41) is 20.0. The van der Waals surface area contributed by atoms with E-state index in [1.807, 2.05) is 0 Å². The van der Waals surface area contributed by atoms with E-state index >= 15 is 0 Å². The van der Waals surface area contributed by atoms with E-state index in [9.17, 15) is 18.3 Å². The number of hydrogen-bond acceptors (Lipinski definition) is 6. The molecule has 0 aromatic carbocycles. The van der Waals surface area contributed by atoms with Crippen LogP contribution in [0, 0.1) is 0 Å². The summed E-state index contributed by atoms with van der Waals surface area (Å²) in [6.45, 7) is 0.381. The van der Waals surface area contributed by atoms with Crippen molar-refractivity contribution >= 4 is 37.5 Å². The molecule has 2 rings (SSSR count). The molecular formula is C11H12N2O5S2. The summed E-state index contributed by atoms with van der Waals surface area (Å²) in [6, 6.07) is 3.21. The minimum atomic E-state index is -3.93. The minimum absolute atomic E-state index is 0.0753. The summed E-state index contributed by atoms with van der Waals surface area (Å²) in [6.07, 6.45) is 1.19. The first-order chi connectivity index (χ1) is 9.22. The Kier molecular flexibility index (Phi) is 3.78. The second-order valence-corrected chi connectivity index (χ2v) is 7.09. The van der Waals surface area contributed by atoms with Crippen LogP contribution < -0.4 is 4.72 Å². The maximum Gasteiger partial charge on any atom is 0.336 e. The van der Waals surface area contributed by atoms with Crippen LogP contribution >= 0.6 is 11.3 Å². The highest BCUT2D eigenvalue weighted by Crippen LogP contribution is 2.21. The van der Waals surface area contributed by atoms with Crippen LogP contribution in [0.4, 0.5) is 0 Å². The Hall–Kier alpha value is -1.55. The Bertz CT molecular complexity index is 751. The van der Waals surface area contributed by atoms with Crippen molar-refractivity contribution in [2.24, 2.45) is 0 Å². The van der Waals surface area contributed by atoms with Gasteiger partial charge in [-0.1, -0.05) is 0 Å². The number of aliphatic carboxylic acids is 1. The maximum atomic E-state index is 12.0. The topological polar surface area (TPSA) is 117 Å². The van der Waals surface area contributed by atoms with Gasteiger partial charge in [0.15, 0.2) is 5.60 Å². The van der Waals surface area contributed by atoms with Crippen LogP contribution in [0.25, 0.3) is 10.2 Å². The summed E-state index contributed by atoms with van der Waals surface area (Å²) in [4.78, 5) is 14.6. The van der Waals surface area contributed by atoms with Gasteiger partial charge in [-0.25, -0.2) is 17.9 Å². The van der Waals surface area contributed by atoms with Crippen molar-refractivity contribution in [3.63, 3.8) is 0 Å². The number of pyridine rings is 1. The van der Waals surface area contributed by atoms with Gasteiger partial charge >= 0.3 is 5.97 Å². The van der Waals surface area contributed by atoms with Gasteiger partial charge in [0.1, 0.15) is 4.90 Å². The zero-order valence-electron chi connectivity index (χ0n) is 10.4. The Morgan fingerprint density at radius 1 is 1.55 bits per heavy atom. The molecule has 108 valence electrons. The van der Waals surface area contributed by atoms with Crippen LogP contribution in [0.15, 0.2) is 28.6 Å². The third-order valence-corrected chi connectivity index (χ3v) is 4.88. The Morgan fingerprint density at radius 3 is 2.90 bits per heavy atom. The number of carbonyl (C=O) groups is 1. The highest BCUT2D eigenvalue weighted by atomic mass is 32.2. The largest absolute Gasteiger partial charge is 0.479 e. The lowest BCUT2D eigenvalue weighted by atomic mass is 10.1. The van der Waals surface area contributed by atoms with Crippen LogP contribution in [0.2, 0.25) is 0 Å². The first-order valence-corrected chi connectivity index (χ1v) is 7.87. The number of carboxylic acids is 1. The van der Waals surface area contributed by atoms with Crippen molar-refractivity contribution in [1.82, 2.24) is 9.71 Å². The smallest absolute Gasteiger partial charge is 0.336 e. The molecule has 0 spiro atoms. The lowest BCUT2D eigenvalue weighted by molar-refractivity contribution is -0.155. The molecule has 0 saturated heterocycles. The van der Waals surface area contributed by atoms with Crippen LogP contribution in [0.1, 0.15) is 6.92 Å². The molecule has 0 aliphatic carbocycles. The molecule has 3 N–H and O–H groups in total. The molecule has 2 heterocycles. The van der Waals surface area contributed by atoms with Crippen LogP contribution in [-0.4, -0.2) is 41.7 Å². The summed E-state index contributed by atoms with van der Waals surface area (Å²) in [7, 11) is -3.93. The number of fused-ring (bicyclic) bond motifs is 1. The van der Waals surface area contributed by atoms with Crippen molar-refractivity contribution in [2.75, 3.05) is 6.54 Å². The van der Waals surface area contributed by atoms with E-state index in [2.05, 4.69) is 9.71 Å². The lowest BCUT2D eigenvalue weighted by Crippen LogP contribution is -2.46. The summed E-state index contributed by atoms with van der Waals surface area (Å²) >= 11 is 1.35. The van der Waals surface area contributed by atoms with Crippen LogP contribution in [-0.2, 0) is 14.8 Å². The molecular weight excluding hydrogens is 304 g/mol. The highest BCUT2D eigenvalue weighted by molar-refractivity contribution is 7.89. The Morgan fingerprint density at radius 2 is 2.25 bits per heavy atom. The third kappa shape index (κ3) is 2.96. The Balaban J connectivity index is 2.24. The lowest BCUT2D eigenvalue weighted by Gasteiger charge is -2.18. The standard InChI is InChI=1S/C11H12N2O5S2/c1-11(16,10(14)15)6-13-20(17,18)7-4-9-8(12-5-7)2-3-19-9/h2-5,13,16H,6H2,1H3,(H,14,15). The fraction of sp³-hybridized carbons (Fsp3) is 0.273. The van der Waals surface area contributed by atoms with Gasteiger partial charge in [0.05, 0.1) is 16.8 Å². The molecule has 0 radical (unpaired) electrons. The van der Waals surface area contributed by atoms with E-state index < -0.39 is 28.1 Å². The first-order valence-electron chi connectivity index (χ1n) is 5.51. The molecule has 1 atom stereocenters. The molecule has 0 fully saturated rings. The Labute approximate surface area is 118 Å². The number of sulfonamides is 1. The zero-order valence-corrected chi connectivity index (χ0v) is 12.0. The van der Waals surface area contributed by atoms with E-state index in [-0.39, 0.29) is 4.90 Å².